The second-order valence-electron chi connectivity index (χ2n) is 8.45. The van der Waals surface area contributed by atoms with Gasteiger partial charge in [-0.05, 0) is 73.7 Å². The molecular formula is C30H34N4O2. The molecule has 0 aliphatic rings. The molecule has 0 aliphatic carbocycles. The molecule has 3 aromatic carbocycles. The van der Waals surface area contributed by atoms with Crippen molar-refractivity contribution in [2.45, 2.75) is 40.8 Å². The zero-order chi connectivity index (χ0) is 25.9. The van der Waals surface area contributed by atoms with Crippen molar-refractivity contribution in [3.63, 3.8) is 0 Å². The topological polar surface area (TPSA) is 72.5 Å². The first-order valence-corrected chi connectivity index (χ1v) is 12.5. The van der Waals surface area contributed by atoms with Crippen molar-refractivity contribution in [2.24, 2.45) is 0 Å². The van der Waals surface area contributed by atoms with Gasteiger partial charge in [0.1, 0.15) is 46.3 Å². The number of nitrogens with zero attached hydrogens (tertiary/aromatic N) is 4. The fourth-order valence-electron chi connectivity index (χ4n) is 3.95. The van der Waals surface area contributed by atoms with Crippen molar-refractivity contribution in [2.75, 3.05) is 26.2 Å². The summed E-state index contributed by atoms with van der Waals surface area (Å²) in [6.07, 6.45) is 0. The van der Waals surface area contributed by atoms with Gasteiger partial charge in [0.2, 0.25) is 0 Å². The molecule has 0 radical (unpaired) electrons. The van der Waals surface area contributed by atoms with E-state index in [1.807, 2.05) is 48.5 Å². The normalized spacial score (nSPS) is 10.8. The van der Waals surface area contributed by atoms with Crippen LogP contribution in [0.15, 0.2) is 60.7 Å². The van der Waals surface area contributed by atoms with Gasteiger partial charge in [-0.2, -0.15) is 10.5 Å². The third kappa shape index (κ3) is 6.86. The van der Waals surface area contributed by atoms with Crippen LogP contribution in [0, 0.1) is 22.7 Å². The van der Waals surface area contributed by atoms with Crippen molar-refractivity contribution >= 4 is 0 Å². The first kappa shape index (κ1) is 26.8. The molecule has 0 saturated heterocycles. The van der Waals surface area contributed by atoms with E-state index in [1.54, 1.807) is 12.1 Å². The molecule has 6 heteroatoms. The quantitative estimate of drug-likeness (QED) is 0.286. The molecule has 0 fully saturated rings. The second kappa shape index (κ2) is 13.3. The zero-order valence-electron chi connectivity index (χ0n) is 21.6. The highest BCUT2D eigenvalue weighted by molar-refractivity contribution is 5.62. The van der Waals surface area contributed by atoms with Crippen LogP contribution in [0.1, 0.15) is 49.9 Å². The monoisotopic (exact) mass is 482 g/mol. The van der Waals surface area contributed by atoms with Crippen molar-refractivity contribution in [1.29, 1.82) is 10.5 Å². The highest BCUT2D eigenvalue weighted by atomic mass is 16.5. The first-order valence-electron chi connectivity index (χ1n) is 12.5. The number of ether oxygens (including phenoxy) is 2. The van der Waals surface area contributed by atoms with Crippen LogP contribution < -0.4 is 9.47 Å². The van der Waals surface area contributed by atoms with Crippen LogP contribution in [0.25, 0.3) is 0 Å². The van der Waals surface area contributed by atoms with Crippen LogP contribution in [0.2, 0.25) is 0 Å². The summed E-state index contributed by atoms with van der Waals surface area (Å²) in [5, 5.41) is 19.6. The van der Waals surface area contributed by atoms with E-state index in [0.717, 1.165) is 39.3 Å². The van der Waals surface area contributed by atoms with Gasteiger partial charge in [-0.3, -0.25) is 9.80 Å². The Bertz CT molecular complexity index is 1100. The summed E-state index contributed by atoms with van der Waals surface area (Å²) in [5.74, 6) is 1.87. The molecule has 0 bridgehead atoms. The second-order valence-corrected chi connectivity index (χ2v) is 8.45. The maximum absolute atomic E-state index is 9.82. The molecule has 0 heterocycles. The largest absolute Gasteiger partial charge is 0.456 e. The van der Waals surface area contributed by atoms with E-state index in [-0.39, 0.29) is 11.1 Å². The Morgan fingerprint density at radius 1 is 0.556 bits per heavy atom. The third-order valence-electron chi connectivity index (χ3n) is 6.26. The molecular weight excluding hydrogens is 448 g/mol. The van der Waals surface area contributed by atoms with E-state index in [4.69, 9.17) is 9.47 Å². The molecule has 0 spiro atoms. The summed E-state index contributed by atoms with van der Waals surface area (Å²) >= 11 is 0. The standard InChI is InChI=1S/C30H34N4O2/c1-5-33(6-2)21-23-9-13-25(14-10-23)35-29-17-18-30(28(20-32)27(29)19-31)36-26-15-11-24(12-16-26)22-34(7-3)8-4/h9-18H,5-8,21-22H2,1-4H3. The number of nitriles is 2. The van der Waals surface area contributed by atoms with E-state index in [0.29, 0.717) is 23.0 Å². The Balaban J connectivity index is 1.76. The Kier molecular flexibility index (Phi) is 9.89. The van der Waals surface area contributed by atoms with E-state index in [9.17, 15) is 10.5 Å². The van der Waals surface area contributed by atoms with E-state index in [1.165, 1.54) is 11.1 Å². The lowest BCUT2D eigenvalue weighted by Crippen LogP contribution is -2.21. The Hall–Kier alpha value is -3.84. The molecule has 0 aromatic heterocycles. The molecule has 0 unspecified atom stereocenters. The lowest BCUT2D eigenvalue weighted by atomic mass is 10.1. The minimum atomic E-state index is 0.153. The molecule has 186 valence electrons. The van der Waals surface area contributed by atoms with Crippen LogP contribution in [0.5, 0.6) is 23.0 Å². The van der Waals surface area contributed by atoms with Gasteiger partial charge in [0.25, 0.3) is 0 Å². The summed E-state index contributed by atoms with van der Waals surface area (Å²) in [6, 6.07) is 23.2. The summed E-state index contributed by atoms with van der Waals surface area (Å²) in [7, 11) is 0. The predicted molar refractivity (Wildman–Crippen MR) is 142 cm³/mol. The van der Waals surface area contributed by atoms with E-state index in [2.05, 4.69) is 49.6 Å². The van der Waals surface area contributed by atoms with Gasteiger partial charge in [0, 0.05) is 13.1 Å². The van der Waals surface area contributed by atoms with Crippen molar-refractivity contribution in [3.8, 4) is 35.1 Å². The van der Waals surface area contributed by atoms with Gasteiger partial charge in [0.15, 0.2) is 0 Å². The van der Waals surface area contributed by atoms with Crippen LogP contribution in [-0.2, 0) is 13.1 Å². The zero-order valence-corrected chi connectivity index (χ0v) is 21.6. The number of rotatable bonds is 12. The summed E-state index contributed by atoms with van der Waals surface area (Å²) in [5.41, 5.74) is 2.69. The van der Waals surface area contributed by atoms with E-state index < -0.39 is 0 Å². The molecule has 6 nitrogen and oxygen atoms in total. The average Bonchev–Trinajstić information content (AvgIpc) is 2.92. The highest BCUT2D eigenvalue weighted by Gasteiger charge is 2.17. The Labute approximate surface area is 214 Å². The Morgan fingerprint density at radius 2 is 0.889 bits per heavy atom. The molecule has 0 atom stereocenters. The van der Waals surface area contributed by atoms with Gasteiger partial charge < -0.3 is 9.47 Å². The minimum Gasteiger partial charge on any atom is -0.456 e. The molecule has 3 aromatic rings. The predicted octanol–water partition coefficient (Wildman–Crippen LogP) is 6.70. The highest BCUT2D eigenvalue weighted by Crippen LogP contribution is 2.35. The molecule has 0 aliphatic heterocycles. The van der Waals surface area contributed by atoms with Crippen molar-refractivity contribution in [3.05, 3.63) is 82.9 Å². The van der Waals surface area contributed by atoms with E-state index >= 15 is 0 Å². The molecule has 36 heavy (non-hydrogen) atoms. The number of benzene rings is 3. The molecule has 0 saturated carbocycles. The van der Waals surface area contributed by atoms with Crippen LogP contribution in [0.4, 0.5) is 0 Å². The summed E-state index contributed by atoms with van der Waals surface area (Å²) in [6.45, 7) is 14.3. The smallest absolute Gasteiger partial charge is 0.146 e. The molecule has 3 rings (SSSR count). The molecule has 0 N–H and O–H groups in total. The first-order chi connectivity index (χ1) is 17.5. The van der Waals surface area contributed by atoms with Gasteiger partial charge in [-0.15, -0.1) is 0 Å². The van der Waals surface area contributed by atoms with Crippen LogP contribution in [-0.4, -0.2) is 36.0 Å². The summed E-state index contributed by atoms with van der Waals surface area (Å²) < 4.78 is 12.0. The number of hydrogen-bond acceptors (Lipinski definition) is 6. The maximum Gasteiger partial charge on any atom is 0.146 e. The number of hydrogen-bond donors (Lipinski definition) is 0. The summed E-state index contributed by atoms with van der Waals surface area (Å²) in [4.78, 5) is 4.67. The van der Waals surface area contributed by atoms with Crippen molar-refractivity contribution in [1.82, 2.24) is 9.80 Å². The SMILES string of the molecule is CCN(CC)Cc1ccc(Oc2ccc(Oc3ccc(CN(CC)CC)cc3)c(C#N)c2C#N)cc1. The fraction of sp³-hybridized carbons (Fsp3) is 0.333. The molecule has 0 amide bonds. The van der Waals surface area contributed by atoms with Gasteiger partial charge >= 0.3 is 0 Å². The maximum atomic E-state index is 9.82. The minimum absolute atomic E-state index is 0.153. The lowest BCUT2D eigenvalue weighted by Gasteiger charge is -2.18. The Morgan fingerprint density at radius 3 is 1.17 bits per heavy atom. The van der Waals surface area contributed by atoms with Gasteiger partial charge in [-0.1, -0.05) is 52.0 Å². The lowest BCUT2D eigenvalue weighted by molar-refractivity contribution is 0.296. The van der Waals surface area contributed by atoms with Crippen LogP contribution >= 0.6 is 0 Å². The van der Waals surface area contributed by atoms with Gasteiger partial charge in [-0.25, -0.2) is 0 Å². The van der Waals surface area contributed by atoms with Crippen molar-refractivity contribution < 1.29 is 9.47 Å². The van der Waals surface area contributed by atoms with Crippen LogP contribution in [0.3, 0.4) is 0 Å². The van der Waals surface area contributed by atoms with Gasteiger partial charge in [0.05, 0.1) is 0 Å². The fourth-order valence-corrected chi connectivity index (χ4v) is 3.95. The average molecular weight is 483 g/mol. The third-order valence-corrected chi connectivity index (χ3v) is 6.26.